The smallest absolute Gasteiger partial charge is 0.416 e. The number of alkyl halides is 3. The zero-order valence-electron chi connectivity index (χ0n) is 14.1. The van der Waals surface area contributed by atoms with Gasteiger partial charge >= 0.3 is 12.3 Å². The van der Waals surface area contributed by atoms with E-state index >= 15 is 0 Å². The van der Waals surface area contributed by atoms with Crippen LogP contribution in [0.4, 0.5) is 23.8 Å². The molecule has 2 fully saturated rings. The van der Waals surface area contributed by atoms with Crippen LogP contribution in [0, 0.1) is 0 Å². The van der Waals surface area contributed by atoms with Gasteiger partial charge in [0.1, 0.15) is 11.4 Å². The molecule has 3 heterocycles. The molecular formula is C16H20F3N3O3. The molecule has 0 aliphatic carbocycles. The van der Waals surface area contributed by atoms with Crippen molar-refractivity contribution in [2.45, 2.75) is 50.7 Å². The summed E-state index contributed by atoms with van der Waals surface area (Å²) < 4.78 is 44.0. The van der Waals surface area contributed by atoms with Crippen LogP contribution in [0.3, 0.4) is 0 Å². The number of aliphatic hydroxyl groups excluding tert-OH is 1. The molecule has 1 amide bonds. The average molecular weight is 359 g/mol. The maximum Gasteiger partial charge on any atom is 0.416 e. The number of hydrogen-bond donors (Lipinski definition) is 1. The lowest BCUT2D eigenvalue weighted by atomic mass is 10.2. The van der Waals surface area contributed by atoms with Gasteiger partial charge in [0.15, 0.2) is 0 Å². The normalized spacial score (nSPS) is 26.3. The minimum Gasteiger partial charge on any atom is -0.444 e. The van der Waals surface area contributed by atoms with Crippen molar-refractivity contribution in [3.63, 3.8) is 0 Å². The predicted molar refractivity (Wildman–Crippen MR) is 83.1 cm³/mol. The number of hydrogen-bond acceptors (Lipinski definition) is 5. The topological polar surface area (TPSA) is 65.9 Å². The molecule has 25 heavy (non-hydrogen) atoms. The Morgan fingerprint density at radius 3 is 2.48 bits per heavy atom. The highest BCUT2D eigenvalue weighted by atomic mass is 19.4. The zero-order chi connectivity index (χ0) is 18.6. The van der Waals surface area contributed by atoms with Crippen molar-refractivity contribution in [2.75, 3.05) is 18.0 Å². The van der Waals surface area contributed by atoms with E-state index in [2.05, 4.69) is 4.98 Å². The molecule has 1 N–H and O–H groups in total. The van der Waals surface area contributed by atoms with E-state index in [9.17, 15) is 23.1 Å². The molecule has 0 saturated carbocycles. The Balaban J connectivity index is 1.77. The molecule has 3 rings (SSSR count). The lowest BCUT2D eigenvalue weighted by molar-refractivity contribution is -0.137. The van der Waals surface area contributed by atoms with Crippen LogP contribution in [0.2, 0.25) is 0 Å². The van der Waals surface area contributed by atoms with Crippen molar-refractivity contribution in [1.29, 1.82) is 0 Å². The van der Waals surface area contributed by atoms with Gasteiger partial charge in [0.05, 0.1) is 23.8 Å². The molecule has 2 aliphatic rings. The van der Waals surface area contributed by atoms with Crippen LogP contribution in [-0.4, -0.2) is 58.0 Å². The molecule has 2 saturated heterocycles. The number of aliphatic hydroxyl groups is 1. The summed E-state index contributed by atoms with van der Waals surface area (Å²) in [6.07, 6.45) is -4.75. The van der Waals surface area contributed by atoms with Crippen LogP contribution in [-0.2, 0) is 10.9 Å². The Kier molecular flexibility index (Phi) is 4.09. The van der Waals surface area contributed by atoms with Crippen LogP contribution in [0.5, 0.6) is 0 Å². The first kappa shape index (κ1) is 17.8. The van der Waals surface area contributed by atoms with Gasteiger partial charge in [-0.1, -0.05) is 0 Å². The molecule has 1 aromatic rings. The third kappa shape index (κ3) is 3.37. The Morgan fingerprint density at radius 1 is 1.28 bits per heavy atom. The molecule has 0 spiro atoms. The summed E-state index contributed by atoms with van der Waals surface area (Å²) in [5.74, 6) is 0.144. The van der Waals surface area contributed by atoms with Crippen molar-refractivity contribution < 1.29 is 27.8 Å². The molecule has 6 nitrogen and oxygen atoms in total. The minimum atomic E-state index is -4.46. The monoisotopic (exact) mass is 359 g/mol. The van der Waals surface area contributed by atoms with Gasteiger partial charge in [0.25, 0.3) is 0 Å². The van der Waals surface area contributed by atoms with Gasteiger partial charge in [-0.2, -0.15) is 13.2 Å². The molecule has 9 heteroatoms. The number of carbonyl (C=O) groups is 1. The summed E-state index contributed by atoms with van der Waals surface area (Å²) in [7, 11) is 0. The molecule has 138 valence electrons. The molecule has 2 bridgehead atoms. The number of fused-ring (bicyclic) bond motifs is 2. The third-order valence-electron chi connectivity index (χ3n) is 4.35. The Labute approximate surface area is 143 Å². The fraction of sp³-hybridized carbons (Fsp3) is 0.625. The van der Waals surface area contributed by atoms with Crippen LogP contribution in [0.1, 0.15) is 26.3 Å². The van der Waals surface area contributed by atoms with Gasteiger partial charge in [-0.25, -0.2) is 9.78 Å². The number of halogens is 3. The first-order chi connectivity index (χ1) is 11.5. The predicted octanol–water partition coefficient (Wildman–Crippen LogP) is 2.27. The molecule has 0 radical (unpaired) electrons. The maximum absolute atomic E-state index is 12.9. The van der Waals surface area contributed by atoms with Gasteiger partial charge in [-0.15, -0.1) is 0 Å². The number of pyridine rings is 1. The number of carbonyl (C=O) groups excluding carboxylic acids is 1. The third-order valence-corrected chi connectivity index (χ3v) is 4.35. The number of rotatable bonds is 1. The molecule has 0 aromatic carbocycles. The number of nitrogens with zero attached hydrogens (tertiary/aromatic N) is 3. The fourth-order valence-electron chi connectivity index (χ4n) is 3.26. The van der Waals surface area contributed by atoms with Crippen LogP contribution >= 0.6 is 0 Å². The van der Waals surface area contributed by atoms with Gasteiger partial charge in [0.2, 0.25) is 0 Å². The minimum absolute atomic E-state index is 0.144. The standard InChI is InChI=1S/C16H20F3N3O3/c1-15(2,3)25-14(24)22-8-10-13(23)11(22)7-21(10)12-6-9(4-5-20-12)16(17,18)19/h4-6,10-11,13,23H,7-8H2,1-3H3/t10-,11-,13?/m0/s1. The second kappa shape index (κ2) is 5.76. The Morgan fingerprint density at radius 2 is 1.96 bits per heavy atom. The first-order valence-electron chi connectivity index (χ1n) is 7.95. The first-order valence-corrected chi connectivity index (χ1v) is 7.95. The van der Waals surface area contributed by atoms with E-state index in [0.717, 1.165) is 18.3 Å². The molecule has 1 unspecified atom stereocenters. The van der Waals surface area contributed by atoms with E-state index in [0.29, 0.717) is 0 Å². The summed E-state index contributed by atoms with van der Waals surface area (Å²) >= 11 is 0. The zero-order valence-corrected chi connectivity index (χ0v) is 14.1. The van der Waals surface area contributed by atoms with Crippen molar-refractivity contribution in [3.05, 3.63) is 23.9 Å². The van der Waals surface area contributed by atoms with Crippen molar-refractivity contribution in [2.24, 2.45) is 0 Å². The summed E-state index contributed by atoms with van der Waals surface area (Å²) in [6.45, 7) is 5.62. The Bertz CT molecular complexity index is 675. The van der Waals surface area contributed by atoms with Gasteiger partial charge in [0, 0.05) is 19.3 Å². The largest absolute Gasteiger partial charge is 0.444 e. The number of anilines is 1. The summed E-state index contributed by atoms with van der Waals surface area (Å²) in [5, 5.41) is 10.4. The van der Waals surface area contributed by atoms with Crippen LogP contribution in [0.15, 0.2) is 18.3 Å². The summed E-state index contributed by atoms with van der Waals surface area (Å²) in [4.78, 5) is 19.3. The molecular weight excluding hydrogens is 339 g/mol. The lowest BCUT2D eigenvalue weighted by Gasteiger charge is -2.35. The van der Waals surface area contributed by atoms with Crippen molar-refractivity contribution >= 4 is 11.9 Å². The highest BCUT2D eigenvalue weighted by Crippen LogP contribution is 2.37. The Hall–Kier alpha value is -2.03. The molecule has 2 aliphatic heterocycles. The SMILES string of the molecule is CC(C)(C)OC(=O)N1C[C@H]2C(O)[C@@H]1CN2c1cc(C(F)(F)F)ccn1. The van der Waals surface area contributed by atoms with E-state index in [1.807, 2.05) is 0 Å². The van der Waals surface area contributed by atoms with E-state index in [4.69, 9.17) is 4.74 Å². The summed E-state index contributed by atoms with van der Waals surface area (Å²) in [6, 6.07) is 0.830. The van der Waals surface area contributed by atoms with E-state index in [1.165, 1.54) is 4.90 Å². The number of aromatic nitrogens is 1. The van der Waals surface area contributed by atoms with Crippen LogP contribution in [0.25, 0.3) is 0 Å². The maximum atomic E-state index is 12.9. The highest BCUT2D eigenvalue weighted by molar-refractivity contribution is 5.70. The molecule has 1 aromatic heterocycles. The van der Waals surface area contributed by atoms with Gasteiger partial charge in [-0.05, 0) is 32.9 Å². The fourth-order valence-corrected chi connectivity index (χ4v) is 3.26. The quantitative estimate of drug-likeness (QED) is 0.833. The highest BCUT2D eigenvalue weighted by Gasteiger charge is 2.54. The number of amides is 1. The molecule has 3 atom stereocenters. The second-order valence-corrected chi connectivity index (χ2v) is 7.31. The lowest BCUT2D eigenvalue weighted by Crippen LogP contribution is -2.50. The second-order valence-electron chi connectivity index (χ2n) is 7.31. The van der Waals surface area contributed by atoms with Crippen molar-refractivity contribution in [3.8, 4) is 0 Å². The van der Waals surface area contributed by atoms with E-state index in [1.54, 1.807) is 25.7 Å². The van der Waals surface area contributed by atoms with Gasteiger partial charge < -0.3 is 14.7 Å². The number of piperazine rings is 1. The van der Waals surface area contributed by atoms with E-state index in [-0.39, 0.29) is 18.9 Å². The van der Waals surface area contributed by atoms with Gasteiger partial charge in [-0.3, -0.25) is 4.90 Å². The summed E-state index contributed by atoms with van der Waals surface area (Å²) in [5.41, 5.74) is -1.45. The number of likely N-dealkylation sites (tertiary alicyclic amines) is 1. The van der Waals surface area contributed by atoms with E-state index < -0.39 is 41.6 Å². The van der Waals surface area contributed by atoms with Crippen molar-refractivity contribution in [1.82, 2.24) is 9.88 Å². The average Bonchev–Trinajstić information content (AvgIpc) is 2.97. The van der Waals surface area contributed by atoms with Crippen LogP contribution < -0.4 is 4.90 Å². The number of ether oxygens (including phenoxy) is 1.